The van der Waals surface area contributed by atoms with Crippen LogP contribution in [-0.2, 0) is 6.54 Å². The van der Waals surface area contributed by atoms with E-state index in [-0.39, 0.29) is 10.6 Å². The molecule has 1 heterocycles. The fourth-order valence-electron chi connectivity index (χ4n) is 2.40. The summed E-state index contributed by atoms with van der Waals surface area (Å²) in [7, 11) is 0. The van der Waals surface area contributed by atoms with Gasteiger partial charge in [-0.05, 0) is 36.2 Å². The highest BCUT2D eigenvalue weighted by Crippen LogP contribution is 2.24. The number of hydrogen-bond acceptors (Lipinski definition) is 2. The van der Waals surface area contributed by atoms with Crippen LogP contribution in [0.4, 0.5) is 5.69 Å². The summed E-state index contributed by atoms with van der Waals surface area (Å²) in [5, 5.41) is 12.4. The molecule has 4 nitrogen and oxygen atoms in total. The van der Waals surface area contributed by atoms with Crippen molar-refractivity contribution in [1.82, 2.24) is 4.57 Å². The first kappa shape index (κ1) is 13.6. The van der Waals surface area contributed by atoms with Gasteiger partial charge in [-0.25, -0.2) is 0 Å². The number of benzene rings is 2. The molecule has 0 radical (unpaired) electrons. The Morgan fingerprint density at radius 3 is 2.71 bits per heavy atom. The lowest BCUT2D eigenvalue weighted by Gasteiger charge is -2.08. The van der Waals surface area contributed by atoms with Gasteiger partial charge in [-0.15, -0.1) is 0 Å². The molecule has 0 bridgehead atoms. The highest BCUT2D eigenvalue weighted by molar-refractivity contribution is 6.31. The quantitative estimate of drug-likeness (QED) is 0.526. The first-order chi connectivity index (χ1) is 10.0. The van der Waals surface area contributed by atoms with E-state index in [1.54, 1.807) is 12.1 Å². The summed E-state index contributed by atoms with van der Waals surface area (Å²) in [6.45, 7) is 2.64. The van der Waals surface area contributed by atoms with Crippen LogP contribution < -0.4 is 0 Å². The maximum Gasteiger partial charge on any atom is 0.270 e. The molecule has 21 heavy (non-hydrogen) atoms. The molecular formula is C16H13ClN2O2. The normalized spacial score (nSPS) is 11.0. The van der Waals surface area contributed by atoms with Gasteiger partial charge < -0.3 is 4.57 Å². The van der Waals surface area contributed by atoms with Crippen LogP contribution in [0.5, 0.6) is 0 Å². The molecule has 0 unspecified atom stereocenters. The predicted octanol–water partition coefficient (Wildman–Crippen LogP) is 4.56. The topological polar surface area (TPSA) is 48.1 Å². The van der Waals surface area contributed by atoms with Crippen molar-refractivity contribution in [2.45, 2.75) is 13.5 Å². The van der Waals surface area contributed by atoms with Crippen molar-refractivity contribution in [3.8, 4) is 0 Å². The second-order valence-corrected chi connectivity index (χ2v) is 5.45. The van der Waals surface area contributed by atoms with Gasteiger partial charge in [0.05, 0.1) is 4.92 Å². The Kier molecular flexibility index (Phi) is 3.39. The maximum absolute atomic E-state index is 10.8. The van der Waals surface area contributed by atoms with Gasteiger partial charge in [-0.2, -0.15) is 0 Å². The number of hydrogen-bond donors (Lipinski definition) is 0. The van der Waals surface area contributed by atoms with Gasteiger partial charge in [0.2, 0.25) is 0 Å². The SMILES string of the molecule is Cc1ccc(Cn2ccc3cc([N+](=O)[O-])ccc32)c(Cl)c1. The van der Waals surface area contributed by atoms with Crippen LogP contribution in [0.25, 0.3) is 10.9 Å². The molecule has 0 saturated heterocycles. The lowest BCUT2D eigenvalue weighted by atomic mass is 10.1. The lowest BCUT2D eigenvalue weighted by molar-refractivity contribution is -0.384. The van der Waals surface area contributed by atoms with Gasteiger partial charge in [0, 0.05) is 40.8 Å². The van der Waals surface area contributed by atoms with E-state index in [0.29, 0.717) is 6.54 Å². The van der Waals surface area contributed by atoms with E-state index in [9.17, 15) is 10.1 Å². The Hall–Kier alpha value is -2.33. The average Bonchev–Trinajstić information content (AvgIpc) is 2.84. The van der Waals surface area contributed by atoms with Gasteiger partial charge in [0.15, 0.2) is 0 Å². The van der Waals surface area contributed by atoms with Crippen LogP contribution in [0.3, 0.4) is 0 Å². The number of fused-ring (bicyclic) bond motifs is 1. The molecule has 3 rings (SSSR count). The van der Waals surface area contributed by atoms with Crippen molar-refractivity contribution in [2.75, 3.05) is 0 Å². The van der Waals surface area contributed by atoms with Gasteiger partial charge in [-0.1, -0.05) is 23.7 Å². The Labute approximate surface area is 126 Å². The highest BCUT2D eigenvalue weighted by atomic mass is 35.5. The van der Waals surface area contributed by atoms with E-state index in [1.165, 1.54) is 6.07 Å². The maximum atomic E-state index is 10.8. The second-order valence-electron chi connectivity index (χ2n) is 5.04. The number of aryl methyl sites for hydroxylation is 1. The Bertz CT molecular complexity index is 839. The Morgan fingerprint density at radius 2 is 2.00 bits per heavy atom. The smallest absolute Gasteiger partial charge is 0.270 e. The van der Waals surface area contributed by atoms with E-state index >= 15 is 0 Å². The van der Waals surface area contributed by atoms with Crippen LogP contribution in [0.15, 0.2) is 48.7 Å². The van der Waals surface area contributed by atoms with E-state index in [2.05, 4.69) is 0 Å². The fraction of sp³-hybridized carbons (Fsp3) is 0.125. The zero-order chi connectivity index (χ0) is 15.0. The molecule has 3 aromatic rings. The number of nitrogens with zero attached hydrogens (tertiary/aromatic N) is 2. The van der Waals surface area contributed by atoms with Crippen molar-refractivity contribution in [3.05, 3.63) is 74.9 Å². The molecule has 0 amide bonds. The molecule has 106 valence electrons. The third-order valence-corrected chi connectivity index (χ3v) is 3.87. The minimum Gasteiger partial charge on any atom is -0.343 e. The lowest BCUT2D eigenvalue weighted by Crippen LogP contribution is -1.99. The second kappa shape index (κ2) is 5.22. The average molecular weight is 301 g/mol. The molecule has 0 aliphatic rings. The number of halogens is 1. The molecule has 0 aliphatic carbocycles. The highest BCUT2D eigenvalue weighted by Gasteiger charge is 2.09. The Balaban J connectivity index is 1.99. The number of rotatable bonds is 3. The number of aromatic nitrogens is 1. The summed E-state index contributed by atoms with van der Waals surface area (Å²) in [6, 6.07) is 12.7. The van der Waals surface area contributed by atoms with E-state index in [1.807, 2.05) is 42.0 Å². The molecule has 0 saturated carbocycles. The molecule has 1 aromatic heterocycles. The van der Waals surface area contributed by atoms with Crippen molar-refractivity contribution in [1.29, 1.82) is 0 Å². The summed E-state index contributed by atoms with van der Waals surface area (Å²) in [5.41, 5.74) is 3.21. The molecule has 0 fully saturated rings. The van der Waals surface area contributed by atoms with Crippen LogP contribution in [0, 0.1) is 17.0 Å². The molecule has 0 spiro atoms. The van der Waals surface area contributed by atoms with E-state index < -0.39 is 0 Å². The van der Waals surface area contributed by atoms with Crippen LogP contribution in [0.1, 0.15) is 11.1 Å². The van der Waals surface area contributed by atoms with Crippen LogP contribution in [0.2, 0.25) is 5.02 Å². The number of nitro groups is 1. The fourth-order valence-corrected chi connectivity index (χ4v) is 2.70. The molecule has 2 aromatic carbocycles. The standard InChI is InChI=1S/C16H13ClN2O2/c1-11-2-3-13(15(17)8-11)10-18-7-6-12-9-14(19(20)21)4-5-16(12)18/h2-9H,10H2,1H3. The Morgan fingerprint density at radius 1 is 1.19 bits per heavy atom. The zero-order valence-electron chi connectivity index (χ0n) is 11.4. The third-order valence-electron chi connectivity index (χ3n) is 3.51. The van der Waals surface area contributed by atoms with E-state index in [4.69, 9.17) is 11.6 Å². The molecular weight excluding hydrogens is 288 g/mol. The minimum atomic E-state index is -0.381. The summed E-state index contributed by atoms with van der Waals surface area (Å²) in [5.74, 6) is 0. The van der Waals surface area contributed by atoms with E-state index in [0.717, 1.165) is 27.1 Å². The van der Waals surface area contributed by atoms with Crippen molar-refractivity contribution >= 4 is 28.2 Å². The monoisotopic (exact) mass is 300 g/mol. The third kappa shape index (κ3) is 2.62. The van der Waals surface area contributed by atoms with Crippen molar-refractivity contribution < 1.29 is 4.92 Å². The molecule has 0 N–H and O–H groups in total. The summed E-state index contributed by atoms with van der Waals surface area (Å²) < 4.78 is 2.04. The van der Waals surface area contributed by atoms with Gasteiger partial charge in [-0.3, -0.25) is 10.1 Å². The first-order valence-electron chi connectivity index (χ1n) is 6.53. The molecule has 0 atom stereocenters. The van der Waals surface area contributed by atoms with Crippen molar-refractivity contribution in [2.24, 2.45) is 0 Å². The molecule has 0 aliphatic heterocycles. The van der Waals surface area contributed by atoms with Gasteiger partial charge in [0.1, 0.15) is 0 Å². The minimum absolute atomic E-state index is 0.105. The van der Waals surface area contributed by atoms with Crippen LogP contribution in [-0.4, -0.2) is 9.49 Å². The zero-order valence-corrected chi connectivity index (χ0v) is 12.2. The van der Waals surface area contributed by atoms with Crippen molar-refractivity contribution in [3.63, 3.8) is 0 Å². The number of non-ortho nitro benzene ring substituents is 1. The predicted molar refractivity (Wildman–Crippen MR) is 83.9 cm³/mol. The summed E-state index contributed by atoms with van der Waals surface area (Å²) >= 11 is 6.26. The number of nitro benzene ring substituents is 1. The largest absolute Gasteiger partial charge is 0.343 e. The molecule has 5 heteroatoms. The first-order valence-corrected chi connectivity index (χ1v) is 6.91. The van der Waals surface area contributed by atoms with Crippen LogP contribution >= 0.6 is 11.6 Å². The summed E-state index contributed by atoms with van der Waals surface area (Å²) in [6.07, 6.45) is 1.92. The van der Waals surface area contributed by atoms with Gasteiger partial charge >= 0.3 is 0 Å². The summed E-state index contributed by atoms with van der Waals surface area (Å²) in [4.78, 5) is 10.4. The van der Waals surface area contributed by atoms with Gasteiger partial charge in [0.25, 0.3) is 5.69 Å².